The Morgan fingerprint density at radius 3 is 2.83 bits per heavy atom. The molecule has 0 atom stereocenters. The smallest absolute Gasteiger partial charge is 0.122 e. The summed E-state index contributed by atoms with van der Waals surface area (Å²) in [7, 11) is 0. The van der Waals surface area contributed by atoms with Crippen LogP contribution >= 0.6 is 0 Å². The molecule has 0 amide bonds. The van der Waals surface area contributed by atoms with Crippen LogP contribution in [0.2, 0.25) is 0 Å². The highest BCUT2D eigenvalue weighted by atomic mass is 16.5. The van der Waals surface area contributed by atoms with E-state index in [1.54, 1.807) is 6.26 Å². The van der Waals surface area contributed by atoms with E-state index in [4.69, 9.17) is 9.47 Å². The quantitative estimate of drug-likeness (QED) is 0.550. The molecule has 2 heteroatoms. The second-order valence-corrected chi connectivity index (χ2v) is 2.71. The topological polar surface area (TPSA) is 18.5 Å². The highest BCUT2D eigenvalue weighted by molar-refractivity contribution is 5.21. The summed E-state index contributed by atoms with van der Waals surface area (Å²) in [5.41, 5.74) is 1.15. The van der Waals surface area contributed by atoms with E-state index in [-0.39, 0.29) is 0 Å². The number of ether oxygens (including phenoxy) is 2. The summed E-state index contributed by atoms with van der Waals surface area (Å²) in [6.07, 6.45) is 7.60. The van der Waals surface area contributed by atoms with Gasteiger partial charge in [-0.3, -0.25) is 0 Å². The summed E-state index contributed by atoms with van der Waals surface area (Å²) in [5.74, 6) is 0.924. The molecule has 0 saturated heterocycles. The Morgan fingerprint density at radius 2 is 2.00 bits per heavy atom. The van der Waals surface area contributed by atoms with Gasteiger partial charge in [0.25, 0.3) is 0 Å². The third kappa shape index (κ3) is 3.28. The summed E-state index contributed by atoms with van der Waals surface area (Å²) >= 11 is 0. The van der Waals surface area contributed by atoms with Crippen molar-refractivity contribution < 1.29 is 9.47 Å². The molecule has 66 valence electrons. The van der Waals surface area contributed by atoms with Crippen LogP contribution in [0.15, 0.2) is 35.8 Å². The average Bonchev–Trinajstić information content (AvgIpc) is 2.07. The van der Waals surface area contributed by atoms with Crippen molar-refractivity contribution in [3.63, 3.8) is 0 Å². The van der Waals surface area contributed by atoms with Crippen molar-refractivity contribution in [2.24, 2.45) is 0 Å². The lowest BCUT2D eigenvalue weighted by Crippen LogP contribution is -2.00. The van der Waals surface area contributed by atoms with Crippen molar-refractivity contribution in [3.05, 3.63) is 35.8 Å². The Kier molecular flexibility index (Phi) is 3.45. The molecule has 0 radical (unpaired) electrons. The van der Waals surface area contributed by atoms with Gasteiger partial charge in [0.2, 0.25) is 0 Å². The minimum Gasteiger partial charge on any atom is -0.498 e. The van der Waals surface area contributed by atoms with E-state index >= 15 is 0 Å². The Bertz CT molecular complexity index is 224. The van der Waals surface area contributed by atoms with E-state index in [1.807, 2.05) is 32.1 Å². The second-order valence-electron chi connectivity index (χ2n) is 2.71. The highest BCUT2D eigenvalue weighted by Gasteiger charge is 1.91. The molecule has 0 saturated carbocycles. The van der Waals surface area contributed by atoms with Crippen LogP contribution in [0.5, 0.6) is 0 Å². The molecular weight excluding hydrogens is 152 g/mol. The fraction of sp³-hybridized carbons (Fsp3) is 0.400. The highest BCUT2D eigenvalue weighted by Crippen LogP contribution is 2.02. The van der Waals surface area contributed by atoms with E-state index < -0.39 is 0 Å². The second kappa shape index (κ2) is 4.65. The fourth-order valence-corrected chi connectivity index (χ4v) is 0.827. The van der Waals surface area contributed by atoms with Gasteiger partial charge in [-0.15, -0.1) is 0 Å². The molecule has 0 unspecified atom stereocenters. The van der Waals surface area contributed by atoms with Gasteiger partial charge in [0.05, 0.1) is 12.0 Å². The first-order valence-electron chi connectivity index (χ1n) is 4.05. The van der Waals surface area contributed by atoms with E-state index in [0.29, 0.717) is 13.2 Å². The zero-order valence-corrected chi connectivity index (χ0v) is 7.54. The van der Waals surface area contributed by atoms with Crippen molar-refractivity contribution >= 4 is 0 Å². The molecular formula is C10H14O2. The SMILES string of the molecule is CC1=C/C=C(\C)OCCO\C=C\1. The molecule has 1 rings (SSSR count). The van der Waals surface area contributed by atoms with Crippen molar-refractivity contribution in [2.45, 2.75) is 13.8 Å². The molecule has 0 aliphatic carbocycles. The molecule has 0 fully saturated rings. The molecule has 1 aliphatic rings. The van der Waals surface area contributed by atoms with Crippen LogP contribution in [0.4, 0.5) is 0 Å². The third-order valence-electron chi connectivity index (χ3n) is 1.54. The zero-order valence-electron chi connectivity index (χ0n) is 7.54. The predicted octanol–water partition coefficient (Wildman–Crippen LogP) is 2.40. The van der Waals surface area contributed by atoms with Gasteiger partial charge < -0.3 is 9.47 Å². The van der Waals surface area contributed by atoms with Crippen molar-refractivity contribution in [3.8, 4) is 0 Å². The predicted molar refractivity (Wildman–Crippen MR) is 48.6 cm³/mol. The van der Waals surface area contributed by atoms with Gasteiger partial charge in [0.1, 0.15) is 13.2 Å². The maximum atomic E-state index is 5.32. The van der Waals surface area contributed by atoms with Gasteiger partial charge in [-0.2, -0.15) is 0 Å². The van der Waals surface area contributed by atoms with Crippen LogP contribution in [0, 0.1) is 0 Å². The number of hydrogen-bond acceptors (Lipinski definition) is 2. The Labute approximate surface area is 73.2 Å². The fourth-order valence-electron chi connectivity index (χ4n) is 0.827. The van der Waals surface area contributed by atoms with E-state index in [9.17, 15) is 0 Å². The first-order chi connectivity index (χ1) is 5.79. The Balaban J connectivity index is 2.67. The molecule has 1 aliphatic heterocycles. The molecule has 0 aromatic rings. The Hall–Kier alpha value is -1.18. The van der Waals surface area contributed by atoms with Gasteiger partial charge in [-0.25, -0.2) is 0 Å². The largest absolute Gasteiger partial charge is 0.498 e. The summed E-state index contributed by atoms with van der Waals surface area (Å²) in [6.45, 7) is 5.18. The third-order valence-corrected chi connectivity index (χ3v) is 1.54. The Morgan fingerprint density at radius 1 is 1.17 bits per heavy atom. The van der Waals surface area contributed by atoms with Crippen LogP contribution in [-0.2, 0) is 9.47 Å². The lowest BCUT2D eigenvalue weighted by atomic mass is 10.2. The van der Waals surface area contributed by atoms with Crippen LogP contribution in [0.3, 0.4) is 0 Å². The number of hydrogen-bond donors (Lipinski definition) is 0. The minimum absolute atomic E-state index is 0.606. The summed E-state index contributed by atoms with van der Waals surface area (Å²) in [4.78, 5) is 0. The molecule has 0 N–H and O–H groups in total. The van der Waals surface area contributed by atoms with Crippen LogP contribution < -0.4 is 0 Å². The summed E-state index contributed by atoms with van der Waals surface area (Å²) in [5, 5.41) is 0. The van der Waals surface area contributed by atoms with Crippen LogP contribution in [0.1, 0.15) is 13.8 Å². The molecule has 1 heterocycles. The molecule has 0 aromatic carbocycles. The van der Waals surface area contributed by atoms with Crippen molar-refractivity contribution in [2.75, 3.05) is 13.2 Å². The zero-order chi connectivity index (χ0) is 8.81. The first-order valence-corrected chi connectivity index (χ1v) is 4.05. The molecule has 0 spiro atoms. The minimum atomic E-state index is 0.606. The van der Waals surface area contributed by atoms with Crippen molar-refractivity contribution in [1.29, 1.82) is 0 Å². The van der Waals surface area contributed by atoms with Gasteiger partial charge in [0, 0.05) is 0 Å². The number of allylic oxidation sites excluding steroid dienone is 5. The lowest BCUT2D eigenvalue weighted by Gasteiger charge is -2.06. The average molecular weight is 166 g/mol. The normalized spacial score (nSPS) is 29.8. The summed E-state index contributed by atoms with van der Waals surface area (Å²) in [6, 6.07) is 0. The standard InChI is InChI=1S/C10H14O2/c1-9-3-4-10(2)12-8-7-11-6-5-9/h3-6H,7-8H2,1-2H3/b6-5+,9-3-,10-4+. The molecule has 2 nitrogen and oxygen atoms in total. The van der Waals surface area contributed by atoms with E-state index in [2.05, 4.69) is 0 Å². The van der Waals surface area contributed by atoms with E-state index in [1.165, 1.54) is 0 Å². The van der Waals surface area contributed by atoms with Gasteiger partial charge in [-0.05, 0) is 31.6 Å². The molecule has 0 bridgehead atoms. The van der Waals surface area contributed by atoms with Gasteiger partial charge in [-0.1, -0.05) is 6.08 Å². The maximum Gasteiger partial charge on any atom is 0.122 e. The maximum absolute atomic E-state index is 5.32. The van der Waals surface area contributed by atoms with E-state index in [0.717, 1.165) is 11.3 Å². The number of rotatable bonds is 0. The first kappa shape index (κ1) is 8.91. The van der Waals surface area contributed by atoms with Crippen molar-refractivity contribution in [1.82, 2.24) is 0 Å². The summed E-state index contributed by atoms with van der Waals surface area (Å²) < 4.78 is 10.5. The monoisotopic (exact) mass is 166 g/mol. The van der Waals surface area contributed by atoms with Crippen LogP contribution in [-0.4, -0.2) is 13.2 Å². The molecule has 12 heavy (non-hydrogen) atoms. The lowest BCUT2D eigenvalue weighted by molar-refractivity contribution is 0.132. The molecule has 0 aromatic heterocycles. The van der Waals surface area contributed by atoms with Gasteiger partial charge >= 0.3 is 0 Å². The van der Waals surface area contributed by atoms with Gasteiger partial charge in [0.15, 0.2) is 0 Å². The van der Waals surface area contributed by atoms with Crippen LogP contribution in [0.25, 0.3) is 0 Å².